The minimum absolute atomic E-state index is 0.704. The van der Waals surface area contributed by atoms with E-state index in [1.165, 1.54) is 27.2 Å². The summed E-state index contributed by atoms with van der Waals surface area (Å²) in [6.45, 7) is 6.49. The first-order chi connectivity index (χ1) is 31.1. The van der Waals surface area contributed by atoms with Crippen LogP contribution < -0.4 is 0 Å². The minimum Gasteiger partial charge on any atom is -0.309 e. The predicted octanol–water partition coefficient (Wildman–Crippen LogP) is 15.4. The van der Waals surface area contributed by atoms with Gasteiger partial charge in [-0.05, 0) is 95.9 Å². The molecule has 0 fully saturated rings. The molecule has 298 valence electrons. The third-order valence-corrected chi connectivity index (χ3v) is 12.1. The summed E-state index contributed by atoms with van der Waals surface area (Å²) in [4.78, 5) is 10.2. The highest BCUT2D eigenvalue weighted by Crippen LogP contribution is 2.38. The zero-order chi connectivity index (χ0) is 42.3. The van der Waals surface area contributed by atoms with Gasteiger partial charge in [-0.25, -0.2) is 9.97 Å². The van der Waals surface area contributed by atoms with Crippen molar-refractivity contribution in [3.05, 3.63) is 236 Å². The van der Waals surface area contributed by atoms with Crippen LogP contribution in [0.2, 0.25) is 0 Å². The maximum absolute atomic E-state index is 5.13. The van der Waals surface area contributed by atoms with Crippen molar-refractivity contribution in [2.24, 2.45) is 0 Å². The Labute approximate surface area is 367 Å². The zero-order valence-corrected chi connectivity index (χ0v) is 34.9. The van der Waals surface area contributed by atoms with Crippen molar-refractivity contribution in [3.8, 4) is 56.4 Å². The first kappa shape index (κ1) is 37.6. The molecular weight excluding hydrogens is 765 g/mol. The Balaban J connectivity index is 1.01. The van der Waals surface area contributed by atoms with Gasteiger partial charge in [-0.2, -0.15) is 0 Å². The molecule has 0 saturated carbocycles. The summed E-state index contributed by atoms with van der Waals surface area (Å²) in [7, 11) is 0. The van der Waals surface area contributed by atoms with Crippen LogP contribution in [0.4, 0.5) is 0 Å². The summed E-state index contributed by atoms with van der Waals surface area (Å²) < 4.78 is 4.72. The fourth-order valence-corrected chi connectivity index (χ4v) is 9.04. The molecule has 0 spiro atoms. The number of fused-ring (bicyclic) bond motifs is 4. The molecule has 0 radical (unpaired) electrons. The standard InChI is InChI=1S/C59H42N4/c1-3-55-52(50-30-14-16-32-57(50)62(55)47-26-11-6-12-27-47)35-40(2)43-23-18-28-48(37-43)63-56-31-15-13-29-49(56)51-34-33-45(38-58(51)63)44-24-17-25-46(36-44)54-39-53(41-19-7-4-8-20-41)60-59(61-54)42-21-9-5-10-22-42/h3-39H,1H2,2H3/b40-35+. The molecule has 0 aliphatic heterocycles. The van der Waals surface area contributed by atoms with E-state index in [9.17, 15) is 0 Å². The normalized spacial score (nSPS) is 11.7. The van der Waals surface area contributed by atoms with Gasteiger partial charge in [-0.3, -0.25) is 0 Å². The van der Waals surface area contributed by atoms with E-state index in [0.717, 1.165) is 78.4 Å². The van der Waals surface area contributed by atoms with Gasteiger partial charge in [0.2, 0.25) is 0 Å². The van der Waals surface area contributed by atoms with Crippen LogP contribution in [-0.2, 0) is 0 Å². The molecule has 63 heavy (non-hydrogen) atoms. The Hall–Kier alpha value is -8.34. The minimum atomic E-state index is 0.704. The molecule has 4 nitrogen and oxygen atoms in total. The topological polar surface area (TPSA) is 35.6 Å². The first-order valence-corrected chi connectivity index (χ1v) is 21.4. The smallest absolute Gasteiger partial charge is 0.160 e. The van der Waals surface area contributed by atoms with Gasteiger partial charge in [-0.15, -0.1) is 0 Å². The maximum Gasteiger partial charge on any atom is 0.160 e. The van der Waals surface area contributed by atoms with Crippen LogP contribution in [0.25, 0.3) is 107 Å². The van der Waals surface area contributed by atoms with Crippen molar-refractivity contribution < 1.29 is 0 Å². The molecule has 0 atom stereocenters. The second kappa shape index (κ2) is 15.9. The Morgan fingerprint density at radius 1 is 0.429 bits per heavy atom. The second-order valence-corrected chi connectivity index (χ2v) is 15.9. The average Bonchev–Trinajstić information content (AvgIpc) is 3.86. The monoisotopic (exact) mass is 806 g/mol. The van der Waals surface area contributed by atoms with Crippen molar-refractivity contribution in [1.29, 1.82) is 0 Å². The van der Waals surface area contributed by atoms with Gasteiger partial charge in [0.1, 0.15) is 0 Å². The van der Waals surface area contributed by atoms with Crippen LogP contribution in [0.15, 0.2) is 219 Å². The van der Waals surface area contributed by atoms with Crippen LogP contribution in [0.1, 0.15) is 23.7 Å². The van der Waals surface area contributed by atoms with E-state index in [-0.39, 0.29) is 0 Å². The number of rotatable bonds is 9. The lowest BCUT2D eigenvalue weighted by Crippen LogP contribution is -1.96. The van der Waals surface area contributed by atoms with Crippen LogP contribution in [0.3, 0.4) is 0 Å². The van der Waals surface area contributed by atoms with Crippen molar-refractivity contribution >= 4 is 50.4 Å². The van der Waals surface area contributed by atoms with E-state index in [1.807, 2.05) is 30.3 Å². The Kier molecular flexibility index (Phi) is 9.52. The molecule has 11 aromatic rings. The van der Waals surface area contributed by atoms with Crippen molar-refractivity contribution in [1.82, 2.24) is 19.1 Å². The third-order valence-electron chi connectivity index (χ3n) is 12.1. The number of para-hydroxylation sites is 3. The summed E-state index contributed by atoms with van der Waals surface area (Å²) in [6.07, 6.45) is 4.30. The third kappa shape index (κ3) is 6.84. The quantitative estimate of drug-likeness (QED) is 0.146. The summed E-state index contributed by atoms with van der Waals surface area (Å²) >= 11 is 0. The molecule has 3 heterocycles. The molecule has 0 N–H and O–H groups in total. The van der Waals surface area contributed by atoms with Gasteiger partial charge in [0, 0.05) is 49.8 Å². The van der Waals surface area contributed by atoms with E-state index in [2.05, 4.69) is 217 Å². The van der Waals surface area contributed by atoms with E-state index < -0.39 is 0 Å². The van der Waals surface area contributed by atoms with Gasteiger partial charge < -0.3 is 9.13 Å². The van der Waals surface area contributed by atoms with Gasteiger partial charge in [0.05, 0.1) is 33.6 Å². The van der Waals surface area contributed by atoms with Crippen molar-refractivity contribution in [2.75, 3.05) is 0 Å². The van der Waals surface area contributed by atoms with Crippen molar-refractivity contribution in [3.63, 3.8) is 0 Å². The molecule has 4 heteroatoms. The van der Waals surface area contributed by atoms with E-state index in [1.54, 1.807) is 0 Å². The van der Waals surface area contributed by atoms with Gasteiger partial charge in [0.15, 0.2) is 5.82 Å². The first-order valence-electron chi connectivity index (χ1n) is 21.4. The zero-order valence-electron chi connectivity index (χ0n) is 34.9. The van der Waals surface area contributed by atoms with E-state index >= 15 is 0 Å². The number of hydrogen-bond donors (Lipinski definition) is 0. The van der Waals surface area contributed by atoms with Gasteiger partial charge in [-0.1, -0.05) is 164 Å². The Bertz CT molecular complexity index is 3460. The summed E-state index contributed by atoms with van der Waals surface area (Å²) in [5.74, 6) is 0.704. The average molecular weight is 807 g/mol. The summed E-state index contributed by atoms with van der Waals surface area (Å²) in [5.41, 5.74) is 17.3. The number of hydrogen-bond acceptors (Lipinski definition) is 2. The highest BCUT2D eigenvalue weighted by molar-refractivity contribution is 6.10. The molecular formula is C59H42N4. The molecule has 0 aliphatic carbocycles. The van der Waals surface area contributed by atoms with Crippen LogP contribution >= 0.6 is 0 Å². The lowest BCUT2D eigenvalue weighted by Gasteiger charge is -2.12. The Morgan fingerprint density at radius 3 is 1.73 bits per heavy atom. The number of allylic oxidation sites excluding steroid dienone is 1. The summed E-state index contributed by atoms with van der Waals surface area (Å²) in [6, 6.07) is 75.0. The fourth-order valence-electron chi connectivity index (χ4n) is 9.04. The number of aromatic nitrogens is 4. The maximum atomic E-state index is 5.13. The fraction of sp³-hybridized carbons (Fsp3) is 0.0169. The predicted molar refractivity (Wildman–Crippen MR) is 265 cm³/mol. The molecule has 0 unspecified atom stereocenters. The van der Waals surface area contributed by atoms with E-state index in [4.69, 9.17) is 9.97 Å². The molecule has 8 aromatic carbocycles. The second-order valence-electron chi connectivity index (χ2n) is 15.9. The molecule has 0 amide bonds. The molecule has 0 saturated heterocycles. The van der Waals surface area contributed by atoms with E-state index in [0.29, 0.717) is 5.82 Å². The number of benzene rings is 8. The SMILES string of the molecule is C=Cc1c(/C=C(\C)c2cccc(-n3c4ccccc4c4ccc(-c5cccc(-c6cc(-c7ccccc7)nc(-c7ccccc7)n6)c5)cc43)c2)c2ccccc2n1-c1ccccc1. The van der Waals surface area contributed by atoms with Crippen LogP contribution in [-0.4, -0.2) is 19.1 Å². The Morgan fingerprint density at radius 2 is 0.984 bits per heavy atom. The molecule has 11 rings (SSSR count). The van der Waals surface area contributed by atoms with Crippen LogP contribution in [0, 0.1) is 0 Å². The number of nitrogens with zero attached hydrogens (tertiary/aromatic N) is 4. The summed E-state index contributed by atoms with van der Waals surface area (Å²) in [5, 5.41) is 3.62. The largest absolute Gasteiger partial charge is 0.309 e. The highest BCUT2D eigenvalue weighted by Gasteiger charge is 2.18. The molecule has 0 aliphatic rings. The molecule has 0 bridgehead atoms. The molecule has 3 aromatic heterocycles. The van der Waals surface area contributed by atoms with Crippen LogP contribution in [0.5, 0.6) is 0 Å². The van der Waals surface area contributed by atoms with Gasteiger partial charge >= 0.3 is 0 Å². The highest BCUT2D eigenvalue weighted by atomic mass is 15.0. The van der Waals surface area contributed by atoms with Gasteiger partial charge in [0.25, 0.3) is 0 Å². The lowest BCUT2D eigenvalue weighted by molar-refractivity contribution is 1.11. The van der Waals surface area contributed by atoms with Crippen molar-refractivity contribution in [2.45, 2.75) is 6.92 Å². The lowest BCUT2D eigenvalue weighted by atomic mass is 9.99.